The van der Waals surface area contributed by atoms with E-state index in [1.54, 1.807) is 18.2 Å². The standard InChI is InChI=1S/C19H25N3O2/c1-4-18(21-16-9-7-10-17(14-16)24-3)19(23)22(2)13-11-15-8-5-6-12-20-15/h5-10,12,14,18,21H,4,11,13H2,1-3H3. The predicted molar refractivity (Wildman–Crippen MR) is 96.3 cm³/mol. The number of amides is 1. The van der Waals surface area contributed by atoms with Crippen molar-refractivity contribution in [3.63, 3.8) is 0 Å². The quantitative estimate of drug-likeness (QED) is 0.810. The van der Waals surface area contributed by atoms with Gasteiger partial charge in [0.25, 0.3) is 0 Å². The molecule has 0 aliphatic heterocycles. The summed E-state index contributed by atoms with van der Waals surface area (Å²) in [5, 5.41) is 3.30. The second-order valence-electron chi connectivity index (χ2n) is 5.67. The van der Waals surface area contributed by atoms with E-state index in [1.165, 1.54) is 0 Å². The topological polar surface area (TPSA) is 54.5 Å². The molecular formula is C19H25N3O2. The van der Waals surface area contributed by atoms with E-state index in [4.69, 9.17) is 4.74 Å². The Morgan fingerprint density at radius 2 is 2.12 bits per heavy atom. The Bertz CT molecular complexity index is 646. The number of hydrogen-bond donors (Lipinski definition) is 1. The molecule has 1 heterocycles. The largest absolute Gasteiger partial charge is 0.497 e. The van der Waals surface area contributed by atoms with E-state index in [1.807, 2.05) is 56.4 Å². The molecule has 0 aliphatic rings. The summed E-state index contributed by atoms with van der Waals surface area (Å²) in [5.41, 5.74) is 1.87. The van der Waals surface area contributed by atoms with Crippen molar-refractivity contribution < 1.29 is 9.53 Å². The lowest BCUT2D eigenvalue weighted by Crippen LogP contribution is -2.41. The molecule has 1 N–H and O–H groups in total. The number of likely N-dealkylation sites (N-methyl/N-ethyl adjacent to an activating group) is 1. The zero-order chi connectivity index (χ0) is 17.4. The summed E-state index contributed by atoms with van der Waals surface area (Å²) in [6, 6.07) is 13.2. The van der Waals surface area contributed by atoms with Crippen molar-refractivity contribution in [3.05, 3.63) is 54.4 Å². The van der Waals surface area contributed by atoms with Crippen LogP contribution in [0.2, 0.25) is 0 Å². The van der Waals surface area contributed by atoms with Gasteiger partial charge in [0.2, 0.25) is 5.91 Å². The Hall–Kier alpha value is -2.56. The molecule has 24 heavy (non-hydrogen) atoms. The second kappa shape index (κ2) is 8.91. The number of anilines is 1. The van der Waals surface area contributed by atoms with Gasteiger partial charge in [-0.05, 0) is 30.7 Å². The van der Waals surface area contributed by atoms with Gasteiger partial charge >= 0.3 is 0 Å². The van der Waals surface area contributed by atoms with Crippen LogP contribution in [0, 0.1) is 0 Å². The SMILES string of the molecule is CCC(Nc1cccc(OC)c1)C(=O)N(C)CCc1ccccn1. The number of benzene rings is 1. The van der Waals surface area contributed by atoms with Crippen LogP contribution in [0.25, 0.3) is 0 Å². The Balaban J connectivity index is 1.94. The third kappa shape index (κ3) is 4.98. The molecule has 0 saturated heterocycles. The Labute approximate surface area is 143 Å². The summed E-state index contributed by atoms with van der Waals surface area (Å²) in [6.07, 6.45) is 3.24. The highest BCUT2D eigenvalue weighted by atomic mass is 16.5. The molecule has 0 aliphatic carbocycles. The first-order valence-electron chi connectivity index (χ1n) is 8.19. The van der Waals surface area contributed by atoms with Gasteiger partial charge in [0.15, 0.2) is 0 Å². The molecule has 1 aromatic heterocycles. The van der Waals surface area contributed by atoms with Gasteiger partial charge in [0, 0.05) is 43.7 Å². The predicted octanol–water partition coefficient (Wildman–Crippen LogP) is 2.98. The Morgan fingerprint density at radius 1 is 1.29 bits per heavy atom. The fourth-order valence-corrected chi connectivity index (χ4v) is 2.46. The van der Waals surface area contributed by atoms with Gasteiger partial charge in [-0.3, -0.25) is 9.78 Å². The summed E-state index contributed by atoms with van der Waals surface area (Å²) < 4.78 is 5.22. The maximum Gasteiger partial charge on any atom is 0.244 e. The lowest BCUT2D eigenvalue weighted by Gasteiger charge is -2.24. The number of rotatable bonds is 8. The highest BCUT2D eigenvalue weighted by Gasteiger charge is 2.20. The molecule has 2 rings (SSSR count). The summed E-state index contributed by atoms with van der Waals surface area (Å²) in [6.45, 7) is 2.65. The molecule has 128 valence electrons. The first-order valence-corrected chi connectivity index (χ1v) is 8.19. The van der Waals surface area contributed by atoms with Crippen LogP contribution in [0.3, 0.4) is 0 Å². The number of carbonyl (C=O) groups excluding carboxylic acids is 1. The van der Waals surface area contributed by atoms with Crippen LogP contribution >= 0.6 is 0 Å². The van der Waals surface area contributed by atoms with Crippen LogP contribution in [0.15, 0.2) is 48.7 Å². The normalized spacial score (nSPS) is 11.6. The first kappa shape index (κ1) is 17.8. The third-order valence-corrected chi connectivity index (χ3v) is 3.92. The van der Waals surface area contributed by atoms with E-state index >= 15 is 0 Å². The molecule has 1 aromatic carbocycles. The molecule has 5 heteroatoms. The van der Waals surface area contributed by atoms with Crippen LogP contribution in [-0.2, 0) is 11.2 Å². The lowest BCUT2D eigenvalue weighted by atomic mass is 10.1. The maximum atomic E-state index is 12.7. The van der Waals surface area contributed by atoms with E-state index in [0.29, 0.717) is 13.0 Å². The van der Waals surface area contributed by atoms with Gasteiger partial charge in [-0.1, -0.05) is 19.1 Å². The highest BCUT2D eigenvalue weighted by molar-refractivity contribution is 5.84. The monoisotopic (exact) mass is 327 g/mol. The Kier molecular flexibility index (Phi) is 6.61. The number of aromatic nitrogens is 1. The van der Waals surface area contributed by atoms with Crippen LogP contribution in [0.5, 0.6) is 5.75 Å². The van der Waals surface area contributed by atoms with Crippen LogP contribution in [0.4, 0.5) is 5.69 Å². The molecule has 0 radical (unpaired) electrons. The summed E-state index contributed by atoms with van der Waals surface area (Å²) in [5.74, 6) is 0.849. The van der Waals surface area contributed by atoms with Crippen LogP contribution in [-0.4, -0.2) is 42.5 Å². The fraction of sp³-hybridized carbons (Fsp3) is 0.368. The molecule has 0 saturated carbocycles. The minimum atomic E-state index is -0.258. The van der Waals surface area contributed by atoms with E-state index in [2.05, 4.69) is 10.3 Å². The van der Waals surface area contributed by atoms with Crippen molar-refractivity contribution in [1.82, 2.24) is 9.88 Å². The number of nitrogens with one attached hydrogen (secondary N) is 1. The van der Waals surface area contributed by atoms with Gasteiger partial charge in [0.1, 0.15) is 11.8 Å². The fourth-order valence-electron chi connectivity index (χ4n) is 2.46. The summed E-state index contributed by atoms with van der Waals surface area (Å²) in [7, 11) is 3.47. The van der Waals surface area contributed by atoms with Gasteiger partial charge < -0.3 is 15.0 Å². The highest BCUT2D eigenvalue weighted by Crippen LogP contribution is 2.18. The minimum Gasteiger partial charge on any atom is -0.497 e. The van der Waals surface area contributed by atoms with Crippen LogP contribution < -0.4 is 10.1 Å². The molecule has 0 spiro atoms. The van der Waals surface area contributed by atoms with E-state index < -0.39 is 0 Å². The van der Waals surface area contributed by atoms with Gasteiger partial charge in [0.05, 0.1) is 7.11 Å². The summed E-state index contributed by atoms with van der Waals surface area (Å²) >= 11 is 0. The van der Waals surface area contributed by atoms with Crippen molar-refractivity contribution in [1.29, 1.82) is 0 Å². The number of ether oxygens (including phenoxy) is 1. The van der Waals surface area contributed by atoms with E-state index in [9.17, 15) is 4.79 Å². The van der Waals surface area contributed by atoms with Gasteiger partial charge in [-0.15, -0.1) is 0 Å². The van der Waals surface area contributed by atoms with Crippen molar-refractivity contribution in [2.45, 2.75) is 25.8 Å². The van der Waals surface area contributed by atoms with E-state index in [-0.39, 0.29) is 11.9 Å². The molecule has 0 fully saturated rings. The molecule has 0 bridgehead atoms. The van der Waals surface area contributed by atoms with Gasteiger partial charge in [-0.2, -0.15) is 0 Å². The van der Waals surface area contributed by atoms with Crippen molar-refractivity contribution in [2.24, 2.45) is 0 Å². The molecule has 5 nitrogen and oxygen atoms in total. The number of nitrogens with zero attached hydrogens (tertiary/aromatic N) is 2. The maximum absolute atomic E-state index is 12.7. The second-order valence-corrected chi connectivity index (χ2v) is 5.67. The number of methoxy groups -OCH3 is 1. The molecule has 1 atom stereocenters. The lowest BCUT2D eigenvalue weighted by molar-refractivity contribution is -0.130. The van der Waals surface area contributed by atoms with E-state index in [0.717, 1.165) is 23.6 Å². The van der Waals surface area contributed by atoms with Crippen molar-refractivity contribution in [2.75, 3.05) is 26.0 Å². The smallest absolute Gasteiger partial charge is 0.244 e. The summed E-state index contributed by atoms with van der Waals surface area (Å²) in [4.78, 5) is 18.7. The average Bonchev–Trinajstić information content (AvgIpc) is 2.64. The number of hydrogen-bond acceptors (Lipinski definition) is 4. The minimum absolute atomic E-state index is 0.0799. The molecular weight excluding hydrogens is 302 g/mol. The number of carbonyl (C=O) groups is 1. The third-order valence-electron chi connectivity index (χ3n) is 3.92. The number of pyridine rings is 1. The Morgan fingerprint density at radius 3 is 2.79 bits per heavy atom. The van der Waals surface area contributed by atoms with Crippen molar-refractivity contribution >= 4 is 11.6 Å². The average molecular weight is 327 g/mol. The zero-order valence-corrected chi connectivity index (χ0v) is 14.5. The van der Waals surface area contributed by atoms with Gasteiger partial charge in [-0.25, -0.2) is 0 Å². The molecule has 2 aromatic rings. The molecule has 1 unspecified atom stereocenters. The molecule has 1 amide bonds. The first-order chi connectivity index (χ1) is 11.6. The van der Waals surface area contributed by atoms with Crippen LogP contribution in [0.1, 0.15) is 19.0 Å². The van der Waals surface area contributed by atoms with Crippen molar-refractivity contribution in [3.8, 4) is 5.75 Å². The zero-order valence-electron chi connectivity index (χ0n) is 14.5.